The number of anilines is 1. The van der Waals surface area contributed by atoms with Crippen LogP contribution >= 0.6 is 0 Å². The van der Waals surface area contributed by atoms with E-state index in [0.717, 1.165) is 21.4 Å². The highest BCUT2D eigenvalue weighted by Crippen LogP contribution is 2.35. The Labute approximate surface area is 203 Å². The van der Waals surface area contributed by atoms with E-state index in [0.29, 0.717) is 18.0 Å². The van der Waals surface area contributed by atoms with Crippen molar-refractivity contribution in [1.29, 1.82) is 5.26 Å². The molecule has 182 valence electrons. The highest BCUT2D eigenvalue weighted by molar-refractivity contribution is 5.51. The first-order valence-corrected chi connectivity index (χ1v) is 11.0. The smallest absolute Gasteiger partial charge is 0.350 e. The molecule has 0 saturated carbocycles. The monoisotopic (exact) mass is 492 g/mol. The van der Waals surface area contributed by atoms with Gasteiger partial charge in [0.25, 0.3) is 0 Å². The third-order valence-corrected chi connectivity index (χ3v) is 6.17. The second-order valence-electron chi connectivity index (χ2n) is 8.32. The van der Waals surface area contributed by atoms with Gasteiger partial charge in [-0.2, -0.15) is 19.4 Å². The molecule has 0 bridgehead atoms. The second-order valence-corrected chi connectivity index (χ2v) is 8.32. The van der Waals surface area contributed by atoms with E-state index in [-0.39, 0.29) is 35.6 Å². The fraction of sp³-hybridized carbons (Fsp3) is 0.200. The molecule has 8 nitrogen and oxygen atoms in total. The predicted molar refractivity (Wildman–Crippen MR) is 123 cm³/mol. The first-order chi connectivity index (χ1) is 17.4. The zero-order valence-electron chi connectivity index (χ0n) is 19.0. The average molecular weight is 492 g/mol. The lowest BCUT2D eigenvalue weighted by Gasteiger charge is -2.43. The van der Waals surface area contributed by atoms with Gasteiger partial charge in [-0.3, -0.25) is 4.57 Å². The summed E-state index contributed by atoms with van der Waals surface area (Å²) in [4.78, 5) is 18.5. The van der Waals surface area contributed by atoms with Crippen molar-refractivity contribution in [3.8, 4) is 23.3 Å². The number of aromatic nitrogens is 4. The van der Waals surface area contributed by atoms with Gasteiger partial charge in [0.05, 0.1) is 24.2 Å². The summed E-state index contributed by atoms with van der Waals surface area (Å²) in [6, 6.07) is 13.1. The lowest BCUT2D eigenvalue weighted by atomic mass is 9.91. The van der Waals surface area contributed by atoms with Gasteiger partial charge in [0, 0.05) is 30.4 Å². The Bertz CT molecular complexity index is 1510. The van der Waals surface area contributed by atoms with Crippen LogP contribution < -0.4 is 15.3 Å². The number of nitriles is 1. The van der Waals surface area contributed by atoms with E-state index in [1.54, 1.807) is 17.0 Å². The summed E-state index contributed by atoms with van der Waals surface area (Å²) in [7, 11) is 0. The van der Waals surface area contributed by atoms with Crippen LogP contribution in [0.1, 0.15) is 12.5 Å². The Hall–Kier alpha value is -4.59. The number of pyridine rings is 1. The summed E-state index contributed by atoms with van der Waals surface area (Å²) in [5, 5.41) is 13.1. The molecule has 2 aromatic carbocycles. The molecule has 0 aliphatic carbocycles. The molecule has 1 aliphatic rings. The average Bonchev–Trinajstić information content (AvgIpc) is 3.23. The molecule has 1 saturated heterocycles. The second kappa shape index (κ2) is 9.22. The number of hydrogen-bond acceptors (Lipinski definition) is 6. The van der Waals surface area contributed by atoms with E-state index >= 15 is 4.39 Å². The molecule has 3 heterocycles. The molecule has 0 N–H and O–H groups in total. The SMILES string of the molecule is C[C@H]1[C@@H](C#N)CN1c1nccc(Oc2ccc(-n3ncn(Cc4c(F)cccc4F)c3=O)cc2)c1F. The Kier molecular flexibility index (Phi) is 5.93. The van der Waals surface area contributed by atoms with Crippen LogP contribution in [0.3, 0.4) is 0 Å². The number of rotatable bonds is 6. The molecule has 11 heteroatoms. The molecular formula is C25H19F3N6O2. The third-order valence-electron chi connectivity index (χ3n) is 6.17. The maximum Gasteiger partial charge on any atom is 0.350 e. The third kappa shape index (κ3) is 4.07. The van der Waals surface area contributed by atoms with Gasteiger partial charge in [0.2, 0.25) is 5.82 Å². The van der Waals surface area contributed by atoms with Crippen LogP contribution in [0.2, 0.25) is 0 Å². The lowest BCUT2D eigenvalue weighted by molar-refractivity contribution is 0.370. The lowest BCUT2D eigenvalue weighted by Crippen LogP contribution is -2.54. The predicted octanol–water partition coefficient (Wildman–Crippen LogP) is 4.04. The molecule has 0 radical (unpaired) electrons. The molecule has 1 aliphatic heterocycles. The zero-order valence-corrected chi connectivity index (χ0v) is 19.0. The van der Waals surface area contributed by atoms with Gasteiger partial charge in [-0.15, -0.1) is 0 Å². The summed E-state index contributed by atoms with van der Waals surface area (Å²) in [6.07, 6.45) is 2.62. The molecule has 2 aromatic heterocycles. The minimum atomic E-state index is -0.754. The number of ether oxygens (including phenoxy) is 1. The summed E-state index contributed by atoms with van der Waals surface area (Å²) < 4.78 is 50.8. The van der Waals surface area contributed by atoms with Crippen LogP contribution in [0.25, 0.3) is 5.69 Å². The Morgan fingerprint density at radius 2 is 1.83 bits per heavy atom. The highest BCUT2D eigenvalue weighted by Gasteiger charge is 2.38. The first-order valence-electron chi connectivity index (χ1n) is 11.0. The van der Waals surface area contributed by atoms with Crippen molar-refractivity contribution >= 4 is 5.82 Å². The van der Waals surface area contributed by atoms with E-state index in [1.165, 1.54) is 36.8 Å². The minimum Gasteiger partial charge on any atom is -0.454 e. The van der Waals surface area contributed by atoms with Crippen molar-refractivity contribution in [2.75, 3.05) is 11.4 Å². The Morgan fingerprint density at radius 3 is 2.50 bits per heavy atom. The largest absolute Gasteiger partial charge is 0.454 e. The van der Waals surface area contributed by atoms with Crippen molar-refractivity contribution in [2.24, 2.45) is 5.92 Å². The Morgan fingerprint density at radius 1 is 1.11 bits per heavy atom. The standard InChI is InChI=1S/C25H19F3N6O2/c1-15-16(11-29)12-33(15)24-23(28)22(9-10-30-24)36-18-7-5-17(6-8-18)34-25(35)32(14-31-34)13-19-20(26)3-2-4-21(19)27/h2-10,14-16H,12-13H2,1H3/t15-,16-/m0/s1. The summed E-state index contributed by atoms with van der Waals surface area (Å²) in [6.45, 7) is 1.92. The molecule has 0 amide bonds. The van der Waals surface area contributed by atoms with Gasteiger partial charge in [0.1, 0.15) is 23.7 Å². The van der Waals surface area contributed by atoms with E-state index < -0.39 is 23.1 Å². The zero-order chi connectivity index (χ0) is 25.4. The molecule has 1 fully saturated rings. The van der Waals surface area contributed by atoms with E-state index in [9.17, 15) is 13.6 Å². The Balaban J connectivity index is 1.33. The summed E-state index contributed by atoms with van der Waals surface area (Å²) in [5.74, 6) is -1.93. The highest BCUT2D eigenvalue weighted by atomic mass is 19.1. The number of hydrogen-bond donors (Lipinski definition) is 0. The number of nitrogens with zero attached hydrogens (tertiary/aromatic N) is 6. The van der Waals surface area contributed by atoms with E-state index in [1.807, 2.05) is 6.92 Å². The van der Waals surface area contributed by atoms with Crippen molar-refractivity contribution in [3.63, 3.8) is 0 Å². The molecule has 4 aromatic rings. The molecule has 36 heavy (non-hydrogen) atoms. The van der Waals surface area contributed by atoms with E-state index in [4.69, 9.17) is 10.00 Å². The summed E-state index contributed by atoms with van der Waals surface area (Å²) in [5.41, 5.74) is -0.444. The van der Waals surface area contributed by atoms with Crippen LogP contribution in [0.4, 0.5) is 19.0 Å². The fourth-order valence-corrected chi connectivity index (χ4v) is 3.99. The summed E-state index contributed by atoms with van der Waals surface area (Å²) >= 11 is 0. The van der Waals surface area contributed by atoms with Gasteiger partial charge in [-0.1, -0.05) is 6.07 Å². The van der Waals surface area contributed by atoms with E-state index in [2.05, 4.69) is 16.2 Å². The van der Waals surface area contributed by atoms with Gasteiger partial charge < -0.3 is 9.64 Å². The van der Waals surface area contributed by atoms with Crippen LogP contribution in [0.15, 0.2) is 65.8 Å². The molecule has 5 rings (SSSR count). The van der Waals surface area contributed by atoms with Crippen LogP contribution in [-0.2, 0) is 6.54 Å². The van der Waals surface area contributed by atoms with Gasteiger partial charge in [-0.25, -0.2) is 18.6 Å². The van der Waals surface area contributed by atoms with Gasteiger partial charge >= 0.3 is 5.69 Å². The first kappa shape index (κ1) is 23.2. The maximum absolute atomic E-state index is 15.0. The molecular weight excluding hydrogens is 473 g/mol. The maximum atomic E-state index is 15.0. The van der Waals surface area contributed by atoms with Crippen molar-refractivity contribution in [1.82, 2.24) is 19.3 Å². The van der Waals surface area contributed by atoms with Crippen molar-refractivity contribution in [3.05, 3.63) is 94.6 Å². The van der Waals surface area contributed by atoms with Crippen LogP contribution in [0.5, 0.6) is 11.5 Å². The molecule has 0 unspecified atom stereocenters. The van der Waals surface area contributed by atoms with Crippen molar-refractivity contribution < 1.29 is 17.9 Å². The van der Waals surface area contributed by atoms with Gasteiger partial charge in [0.15, 0.2) is 11.6 Å². The number of benzene rings is 2. The van der Waals surface area contributed by atoms with Crippen LogP contribution in [0, 0.1) is 34.7 Å². The normalized spacial score (nSPS) is 16.9. The fourth-order valence-electron chi connectivity index (χ4n) is 3.99. The number of halogens is 3. The van der Waals surface area contributed by atoms with Gasteiger partial charge in [-0.05, 0) is 43.3 Å². The van der Waals surface area contributed by atoms with Crippen LogP contribution in [-0.4, -0.2) is 31.9 Å². The topological polar surface area (TPSA) is 89.0 Å². The minimum absolute atomic E-state index is 0.0336. The molecule has 2 atom stereocenters. The quantitative estimate of drug-likeness (QED) is 0.404. The van der Waals surface area contributed by atoms with Crippen molar-refractivity contribution in [2.45, 2.75) is 19.5 Å². The molecule has 0 spiro atoms.